The fourth-order valence-electron chi connectivity index (χ4n) is 4.90. The fraction of sp³-hybridized carbons (Fsp3) is 0.719. The number of likely N-dealkylation sites (N-methyl/N-ethyl adjacent to an activating group) is 1. The molecule has 2 rings (SSSR count). The summed E-state index contributed by atoms with van der Waals surface area (Å²) in [5, 5.41) is 9.45. The number of carboxylic acid groups (broad SMARTS) is 1. The van der Waals surface area contributed by atoms with Crippen molar-refractivity contribution in [3.8, 4) is 0 Å². The topological polar surface area (TPSA) is 73.2 Å². The van der Waals surface area contributed by atoms with Crippen LogP contribution >= 0.6 is 0 Å². The first-order chi connectivity index (χ1) is 17.4. The van der Waals surface area contributed by atoms with E-state index in [-0.39, 0.29) is 28.3 Å². The maximum Gasteiger partial charge on any atom is 0.335 e. The second-order valence-corrected chi connectivity index (χ2v) is 14.3. The minimum absolute atomic E-state index is 0.0246. The number of carbonyl (C=O) groups excluding carboxylic acids is 1. The summed E-state index contributed by atoms with van der Waals surface area (Å²) in [7, 11) is 1.98. The van der Waals surface area contributed by atoms with Crippen molar-refractivity contribution >= 4 is 17.7 Å². The molecule has 0 bridgehead atoms. The molecule has 0 spiro atoms. The smallest absolute Gasteiger partial charge is 0.335 e. The number of carboxylic acids is 1. The summed E-state index contributed by atoms with van der Waals surface area (Å²) in [4.78, 5) is 35.0. The molecular formula is C32H53N3O3. The average molecular weight is 528 g/mol. The van der Waals surface area contributed by atoms with Crippen LogP contribution in [-0.2, 0) is 4.79 Å². The fourth-order valence-corrected chi connectivity index (χ4v) is 4.90. The zero-order chi connectivity index (χ0) is 29.1. The monoisotopic (exact) mass is 527 g/mol. The molecule has 1 aromatic rings. The van der Waals surface area contributed by atoms with Crippen molar-refractivity contribution in [1.82, 2.24) is 9.80 Å². The van der Waals surface area contributed by atoms with E-state index in [1.807, 2.05) is 29.0 Å². The van der Waals surface area contributed by atoms with Gasteiger partial charge in [-0.15, -0.1) is 0 Å². The minimum atomic E-state index is -0.946. The van der Waals surface area contributed by atoms with E-state index >= 15 is 0 Å². The number of rotatable bonds is 11. The van der Waals surface area contributed by atoms with Crippen LogP contribution in [0.5, 0.6) is 0 Å². The molecule has 0 aliphatic carbocycles. The van der Waals surface area contributed by atoms with Crippen LogP contribution in [-0.4, -0.2) is 51.9 Å². The minimum Gasteiger partial charge on any atom is -0.478 e. The molecule has 214 valence electrons. The lowest BCUT2D eigenvalue weighted by atomic mass is 9.78. The average Bonchev–Trinajstić information content (AvgIpc) is 3.06. The van der Waals surface area contributed by atoms with E-state index in [4.69, 9.17) is 4.99 Å². The van der Waals surface area contributed by atoms with Crippen LogP contribution in [0.1, 0.15) is 123 Å². The predicted octanol–water partition coefficient (Wildman–Crippen LogP) is 7.65. The Bertz CT molecular complexity index is 985. The maximum absolute atomic E-state index is 14.2. The Hall–Kier alpha value is -2.37. The largest absolute Gasteiger partial charge is 0.478 e. The zero-order valence-electron chi connectivity index (χ0n) is 25.9. The zero-order valence-corrected chi connectivity index (χ0v) is 25.9. The lowest BCUT2D eigenvalue weighted by molar-refractivity contribution is -0.132. The third kappa shape index (κ3) is 8.31. The Balaban J connectivity index is 2.55. The van der Waals surface area contributed by atoms with Gasteiger partial charge >= 0.3 is 5.97 Å². The van der Waals surface area contributed by atoms with E-state index in [9.17, 15) is 14.7 Å². The van der Waals surface area contributed by atoms with E-state index in [1.54, 1.807) is 12.1 Å². The molecule has 0 saturated heterocycles. The number of benzene rings is 1. The third-order valence-corrected chi connectivity index (χ3v) is 8.23. The SMILES string of the molecule is CC(C)CCN(C)C1=NC(C)(CCC(C)C(C)(C)C)N([C@H](CCC(C)(C)C)c2ccc(C(=O)O)cc2)C1=O. The number of hydrogen-bond donors (Lipinski definition) is 1. The Morgan fingerprint density at radius 2 is 1.61 bits per heavy atom. The van der Waals surface area contributed by atoms with Crippen LogP contribution in [0, 0.1) is 22.7 Å². The van der Waals surface area contributed by atoms with Crippen molar-refractivity contribution in [2.24, 2.45) is 27.7 Å². The van der Waals surface area contributed by atoms with Gasteiger partial charge in [-0.3, -0.25) is 4.79 Å². The van der Waals surface area contributed by atoms with Gasteiger partial charge in [0.25, 0.3) is 5.91 Å². The second kappa shape index (κ2) is 12.2. The van der Waals surface area contributed by atoms with Crippen LogP contribution in [0.2, 0.25) is 0 Å². The van der Waals surface area contributed by atoms with E-state index in [0.717, 1.165) is 44.2 Å². The quantitative estimate of drug-likeness (QED) is 0.321. The number of hydrogen-bond acceptors (Lipinski definition) is 4. The van der Waals surface area contributed by atoms with Crippen molar-refractivity contribution in [1.29, 1.82) is 0 Å². The highest BCUT2D eigenvalue weighted by Gasteiger charge is 2.48. The molecule has 1 N–H and O–H groups in total. The molecule has 0 saturated carbocycles. The molecule has 2 unspecified atom stereocenters. The van der Waals surface area contributed by atoms with E-state index in [0.29, 0.717) is 17.7 Å². The molecular weight excluding hydrogens is 474 g/mol. The molecule has 6 nitrogen and oxygen atoms in total. The summed E-state index contributed by atoms with van der Waals surface area (Å²) < 4.78 is 0. The highest BCUT2D eigenvalue weighted by atomic mass is 16.4. The molecule has 1 aromatic carbocycles. The summed E-state index contributed by atoms with van der Waals surface area (Å²) in [5.41, 5.74) is 0.804. The standard InChI is InChI=1S/C32H53N3O3/c1-22(2)18-21-34(11)27-28(36)35(32(10,33-27)20-16-23(3)31(7,8)9)26(17-19-30(4,5)6)24-12-14-25(15-13-24)29(37)38/h12-15,22-23,26H,16-21H2,1-11H3,(H,37,38)/t23?,26-,32?/m1/s1. The third-order valence-electron chi connectivity index (χ3n) is 8.23. The highest BCUT2D eigenvalue weighted by molar-refractivity contribution is 6.39. The second-order valence-electron chi connectivity index (χ2n) is 14.3. The molecule has 38 heavy (non-hydrogen) atoms. The van der Waals surface area contributed by atoms with Gasteiger partial charge in [0.15, 0.2) is 5.84 Å². The molecule has 3 atom stereocenters. The van der Waals surface area contributed by atoms with Crippen molar-refractivity contribution in [3.05, 3.63) is 35.4 Å². The van der Waals surface area contributed by atoms with Gasteiger partial charge in [-0.2, -0.15) is 0 Å². The van der Waals surface area contributed by atoms with Gasteiger partial charge in [-0.1, -0.05) is 74.4 Å². The summed E-state index contributed by atoms with van der Waals surface area (Å²) in [6.45, 7) is 23.0. The van der Waals surface area contributed by atoms with Crippen LogP contribution in [0.25, 0.3) is 0 Å². The molecule has 1 heterocycles. The molecule has 1 amide bonds. The predicted molar refractivity (Wildman–Crippen MR) is 157 cm³/mol. The van der Waals surface area contributed by atoms with Gasteiger partial charge in [-0.05, 0) is 79.4 Å². The Labute approximate surface area is 231 Å². The Morgan fingerprint density at radius 3 is 2.08 bits per heavy atom. The van der Waals surface area contributed by atoms with Gasteiger partial charge in [0.05, 0.1) is 11.6 Å². The number of aliphatic imine (C=N–C) groups is 1. The molecule has 0 aromatic heterocycles. The lowest BCUT2D eigenvalue weighted by Gasteiger charge is -2.41. The van der Waals surface area contributed by atoms with Crippen LogP contribution < -0.4 is 0 Å². The summed E-state index contributed by atoms with van der Waals surface area (Å²) in [5.74, 6) is 0.579. The van der Waals surface area contributed by atoms with Crippen LogP contribution in [0.4, 0.5) is 0 Å². The van der Waals surface area contributed by atoms with Crippen LogP contribution in [0.15, 0.2) is 29.3 Å². The summed E-state index contributed by atoms with van der Waals surface area (Å²) in [6, 6.07) is 6.86. The van der Waals surface area contributed by atoms with Gasteiger partial charge < -0.3 is 14.9 Å². The van der Waals surface area contributed by atoms with Crippen molar-refractivity contribution in [2.45, 2.75) is 113 Å². The van der Waals surface area contributed by atoms with Crippen molar-refractivity contribution in [3.63, 3.8) is 0 Å². The molecule has 0 fully saturated rings. The number of nitrogens with zero attached hydrogens (tertiary/aromatic N) is 3. The lowest BCUT2D eigenvalue weighted by Crippen LogP contribution is -2.48. The van der Waals surface area contributed by atoms with Crippen molar-refractivity contribution in [2.75, 3.05) is 13.6 Å². The number of carbonyl (C=O) groups is 2. The van der Waals surface area contributed by atoms with E-state index < -0.39 is 11.6 Å². The van der Waals surface area contributed by atoms with Crippen LogP contribution in [0.3, 0.4) is 0 Å². The normalized spacial score (nSPS) is 20.1. The van der Waals surface area contributed by atoms with Gasteiger partial charge in [0, 0.05) is 13.6 Å². The summed E-state index contributed by atoms with van der Waals surface area (Å²) >= 11 is 0. The Morgan fingerprint density at radius 1 is 1.03 bits per heavy atom. The van der Waals surface area contributed by atoms with Gasteiger partial charge in [-0.25, -0.2) is 9.79 Å². The molecule has 1 aliphatic rings. The first kappa shape index (κ1) is 31.8. The number of amidine groups is 1. The van der Waals surface area contributed by atoms with E-state index in [2.05, 4.69) is 69.2 Å². The highest BCUT2D eigenvalue weighted by Crippen LogP contribution is 2.43. The van der Waals surface area contributed by atoms with Crippen molar-refractivity contribution < 1.29 is 14.7 Å². The number of amides is 1. The number of aromatic carboxylic acids is 1. The maximum atomic E-state index is 14.2. The van der Waals surface area contributed by atoms with E-state index in [1.165, 1.54) is 0 Å². The first-order valence-corrected chi connectivity index (χ1v) is 14.3. The first-order valence-electron chi connectivity index (χ1n) is 14.3. The summed E-state index contributed by atoms with van der Waals surface area (Å²) in [6.07, 6.45) is 4.43. The molecule has 1 aliphatic heterocycles. The van der Waals surface area contributed by atoms with Gasteiger partial charge in [0.1, 0.15) is 5.66 Å². The Kier molecular flexibility index (Phi) is 10.2. The van der Waals surface area contributed by atoms with Gasteiger partial charge in [0.2, 0.25) is 0 Å². The molecule has 6 heteroatoms. The molecule has 0 radical (unpaired) electrons.